The summed E-state index contributed by atoms with van der Waals surface area (Å²) < 4.78 is 5.41. The Morgan fingerprint density at radius 3 is 2.75 bits per heavy atom. The maximum absolute atomic E-state index is 11.6. The second-order valence-electron chi connectivity index (χ2n) is 8.23. The van der Waals surface area contributed by atoms with Gasteiger partial charge in [0, 0.05) is 30.6 Å². The highest BCUT2D eigenvalue weighted by Gasteiger charge is 2.39. The van der Waals surface area contributed by atoms with Gasteiger partial charge in [-0.1, -0.05) is 35.9 Å². The number of ether oxygens (including phenoxy) is 1. The summed E-state index contributed by atoms with van der Waals surface area (Å²) in [4.78, 5) is 23.4. The molecule has 0 aromatic carbocycles. The van der Waals surface area contributed by atoms with Gasteiger partial charge in [-0.3, -0.25) is 9.59 Å². The number of aliphatic hydroxyl groups excluding tert-OH is 3. The molecule has 178 valence electrons. The molecule has 5 atom stereocenters. The molecule has 1 aromatic rings. The summed E-state index contributed by atoms with van der Waals surface area (Å²) in [6.45, 7) is 1.10. The molecule has 8 heteroatoms. The average molecular weight is 485 g/mol. The number of halogens is 1. The molecule has 0 aliphatic heterocycles. The standard InChI is InChI=1S/C24H33ClO6S/c1-16(26)31-15-18(28)6-4-2-3-5-7-20-21(23(30)14-22(20)29)12-9-17(27)8-10-19-11-13-24(25)32-19/h3,5,9,11-13,17,20-23,27,29-30H,2,4,6-8,10,14-15H2,1H3/b5-3-,12-9+/t17?,20-,21?,22?,23?/m1/s1. The van der Waals surface area contributed by atoms with Crippen LogP contribution in [0, 0.1) is 11.8 Å². The number of esters is 1. The first kappa shape index (κ1) is 26.7. The van der Waals surface area contributed by atoms with E-state index in [1.165, 1.54) is 18.3 Å². The first-order chi connectivity index (χ1) is 15.3. The molecule has 2 rings (SSSR count). The third-order valence-corrected chi connectivity index (χ3v) is 6.92. The Morgan fingerprint density at radius 1 is 1.28 bits per heavy atom. The molecule has 1 aromatic heterocycles. The Hall–Kier alpha value is -1.51. The van der Waals surface area contributed by atoms with Crippen LogP contribution in [-0.2, 0) is 20.7 Å². The van der Waals surface area contributed by atoms with Gasteiger partial charge in [0.1, 0.15) is 6.61 Å². The van der Waals surface area contributed by atoms with Gasteiger partial charge >= 0.3 is 5.97 Å². The molecule has 3 N–H and O–H groups in total. The van der Waals surface area contributed by atoms with Gasteiger partial charge in [-0.25, -0.2) is 0 Å². The Bertz CT molecular complexity index is 789. The lowest BCUT2D eigenvalue weighted by Crippen LogP contribution is -2.20. The Morgan fingerprint density at radius 2 is 2.06 bits per heavy atom. The molecule has 1 heterocycles. The van der Waals surface area contributed by atoms with E-state index in [-0.39, 0.29) is 24.2 Å². The number of hydrogen-bond donors (Lipinski definition) is 3. The number of allylic oxidation sites excluding steroid dienone is 2. The average Bonchev–Trinajstić information content (AvgIpc) is 3.27. The largest absolute Gasteiger partial charge is 0.458 e. The summed E-state index contributed by atoms with van der Waals surface area (Å²) in [6, 6.07) is 3.80. The second-order valence-corrected chi connectivity index (χ2v) is 10.0. The lowest BCUT2D eigenvalue weighted by atomic mass is 9.89. The van der Waals surface area contributed by atoms with Crippen LogP contribution in [0.3, 0.4) is 0 Å². The molecule has 0 radical (unpaired) electrons. The Kier molecular flexibility index (Phi) is 11.6. The monoisotopic (exact) mass is 484 g/mol. The van der Waals surface area contributed by atoms with E-state index in [9.17, 15) is 24.9 Å². The molecule has 1 saturated carbocycles. The van der Waals surface area contributed by atoms with Crippen molar-refractivity contribution >= 4 is 34.7 Å². The molecular weight excluding hydrogens is 452 g/mol. The van der Waals surface area contributed by atoms with Gasteiger partial charge in [-0.2, -0.15) is 0 Å². The minimum atomic E-state index is -0.637. The Balaban J connectivity index is 1.74. The van der Waals surface area contributed by atoms with Gasteiger partial charge in [-0.15, -0.1) is 11.3 Å². The van der Waals surface area contributed by atoms with Crippen LogP contribution < -0.4 is 0 Å². The van der Waals surface area contributed by atoms with Crippen molar-refractivity contribution in [3.8, 4) is 0 Å². The smallest absolute Gasteiger partial charge is 0.303 e. The van der Waals surface area contributed by atoms with Crippen LogP contribution in [0.5, 0.6) is 0 Å². The summed E-state index contributed by atoms with van der Waals surface area (Å²) in [5.74, 6) is -0.898. The molecule has 0 bridgehead atoms. The molecular formula is C24H33ClO6S. The van der Waals surface area contributed by atoms with Crippen molar-refractivity contribution < 1.29 is 29.6 Å². The topological polar surface area (TPSA) is 104 Å². The van der Waals surface area contributed by atoms with E-state index < -0.39 is 24.3 Å². The van der Waals surface area contributed by atoms with Crippen molar-refractivity contribution in [3.63, 3.8) is 0 Å². The van der Waals surface area contributed by atoms with Crippen molar-refractivity contribution in [2.45, 2.75) is 70.2 Å². The number of carbonyl (C=O) groups is 2. The fraction of sp³-hybridized carbons (Fsp3) is 0.583. The van der Waals surface area contributed by atoms with E-state index in [0.717, 1.165) is 15.6 Å². The van der Waals surface area contributed by atoms with E-state index in [2.05, 4.69) is 4.74 Å². The summed E-state index contributed by atoms with van der Waals surface area (Å²) in [6.07, 6.45) is 9.59. The predicted molar refractivity (Wildman–Crippen MR) is 126 cm³/mol. The molecule has 4 unspecified atom stereocenters. The van der Waals surface area contributed by atoms with Gasteiger partial charge in [0.25, 0.3) is 0 Å². The first-order valence-corrected chi connectivity index (χ1v) is 12.2. The van der Waals surface area contributed by atoms with Crippen LogP contribution in [0.2, 0.25) is 4.34 Å². The molecule has 0 amide bonds. The lowest BCUT2D eigenvalue weighted by molar-refractivity contribution is -0.145. The molecule has 0 saturated heterocycles. The highest BCUT2D eigenvalue weighted by molar-refractivity contribution is 7.16. The van der Waals surface area contributed by atoms with Crippen LogP contribution in [0.4, 0.5) is 0 Å². The number of ketones is 1. The van der Waals surface area contributed by atoms with E-state index in [1.54, 1.807) is 6.08 Å². The van der Waals surface area contributed by atoms with Crippen molar-refractivity contribution in [1.82, 2.24) is 0 Å². The summed E-state index contributed by atoms with van der Waals surface area (Å²) in [5.41, 5.74) is 0. The predicted octanol–water partition coefficient (Wildman–Crippen LogP) is 3.86. The SMILES string of the molecule is CC(=O)OCC(=O)CCC/C=C\C[C@H]1C(O)CC(O)C1/C=C/C(O)CCc1ccc(Cl)s1. The number of aliphatic hydroxyl groups is 3. The van der Waals surface area contributed by atoms with Crippen LogP contribution in [0.15, 0.2) is 36.4 Å². The maximum Gasteiger partial charge on any atom is 0.303 e. The van der Waals surface area contributed by atoms with Crippen molar-refractivity contribution in [3.05, 3.63) is 45.7 Å². The highest BCUT2D eigenvalue weighted by atomic mass is 35.5. The minimum Gasteiger partial charge on any atom is -0.458 e. The fourth-order valence-electron chi connectivity index (χ4n) is 3.88. The Labute approximate surface area is 198 Å². The molecule has 0 spiro atoms. The maximum atomic E-state index is 11.6. The number of unbranched alkanes of at least 4 members (excludes halogenated alkanes) is 1. The van der Waals surface area contributed by atoms with Crippen LogP contribution >= 0.6 is 22.9 Å². The summed E-state index contributed by atoms with van der Waals surface area (Å²) in [5, 5.41) is 31.0. The number of thiophene rings is 1. The zero-order valence-electron chi connectivity index (χ0n) is 18.4. The molecule has 1 aliphatic carbocycles. The van der Waals surface area contributed by atoms with Gasteiger partial charge < -0.3 is 20.1 Å². The number of rotatable bonds is 13. The van der Waals surface area contributed by atoms with Crippen molar-refractivity contribution in [1.29, 1.82) is 0 Å². The van der Waals surface area contributed by atoms with Gasteiger partial charge in [0.2, 0.25) is 0 Å². The summed E-state index contributed by atoms with van der Waals surface area (Å²) in [7, 11) is 0. The minimum absolute atomic E-state index is 0.103. The number of aryl methyl sites for hydroxylation is 1. The van der Waals surface area contributed by atoms with Gasteiger partial charge in [0.15, 0.2) is 5.78 Å². The van der Waals surface area contributed by atoms with E-state index in [1.807, 2.05) is 30.4 Å². The normalized spacial score (nSPS) is 24.4. The van der Waals surface area contributed by atoms with Gasteiger partial charge in [-0.05, 0) is 50.2 Å². The van der Waals surface area contributed by atoms with Crippen molar-refractivity contribution in [2.24, 2.45) is 11.8 Å². The fourth-order valence-corrected chi connectivity index (χ4v) is 4.98. The number of carbonyl (C=O) groups excluding carboxylic acids is 2. The molecule has 32 heavy (non-hydrogen) atoms. The highest BCUT2D eigenvalue weighted by Crippen LogP contribution is 2.36. The molecule has 1 fully saturated rings. The van der Waals surface area contributed by atoms with Crippen LogP contribution in [0.25, 0.3) is 0 Å². The third-order valence-electron chi connectivity index (χ3n) is 5.62. The summed E-state index contributed by atoms with van der Waals surface area (Å²) >= 11 is 7.43. The lowest BCUT2D eigenvalue weighted by Gasteiger charge is -2.19. The third kappa shape index (κ3) is 9.55. The van der Waals surface area contributed by atoms with Crippen molar-refractivity contribution in [2.75, 3.05) is 6.61 Å². The van der Waals surface area contributed by atoms with E-state index >= 15 is 0 Å². The molecule has 6 nitrogen and oxygen atoms in total. The first-order valence-electron chi connectivity index (χ1n) is 11.0. The zero-order valence-corrected chi connectivity index (χ0v) is 19.9. The van der Waals surface area contributed by atoms with E-state index in [4.69, 9.17) is 11.6 Å². The zero-order chi connectivity index (χ0) is 23.5. The van der Waals surface area contributed by atoms with Crippen LogP contribution in [0.1, 0.15) is 50.3 Å². The number of Topliss-reactive ketones (excluding diaryl/α,β-unsaturated/α-hetero) is 1. The number of hydrogen-bond acceptors (Lipinski definition) is 7. The second kappa shape index (κ2) is 13.9. The molecule has 1 aliphatic rings. The van der Waals surface area contributed by atoms with Gasteiger partial charge in [0.05, 0.1) is 22.6 Å². The van der Waals surface area contributed by atoms with E-state index in [0.29, 0.717) is 38.5 Å². The van der Waals surface area contributed by atoms with Crippen LogP contribution in [-0.4, -0.2) is 52.0 Å². The quantitative estimate of drug-likeness (QED) is 0.223.